The van der Waals surface area contributed by atoms with Crippen LogP contribution in [0.1, 0.15) is 19.3 Å². The Hall–Kier alpha value is -2.02. The molecule has 0 unspecified atom stereocenters. The molecule has 0 radical (unpaired) electrons. The largest absolute Gasteiger partial charge is 0.354 e. The number of hydrogen-bond donors (Lipinski definition) is 2. The lowest BCUT2D eigenvalue weighted by atomic mass is 10.3. The summed E-state index contributed by atoms with van der Waals surface area (Å²) in [5, 5.41) is 2.58. The summed E-state index contributed by atoms with van der Waals surface area (Å²) in [7, 11) is 0. The van der Waals surface area contributed by atoms with Crippen LogP contribution >= 0.6 is 0 Å². The van der Waals surface area contributed by atoms with Crippen molar-refractivity contribution in [1.29, 1.82) is 0 Å². The lowest BCUT2D eigenvalue weighted by Gasteiger charge is -2.09. The molecule has 0 spiro atoms. The Kier molecular flexibility index (Phi) is 4.29. The Morgan fingerprint density at radius 1 is 1.45 bits per heavy atom. The monoisotopic (exact) mass is 282 g/mol. The van der Waals surface area contributed by atoms with Gasteiger partial charge in [0.05, 0.1) is 17.1 Å². The average molecular weight is 282 g/mol. The van der Waals surface area contributed by atoms with E-state index < -0.39 is 12.6 Å². The van der Waals surface area contributed by atoms with E-state index in [1.165, 1.54) is 0 Å². The summed E-state index contributed by atoms with van der Waals surface area (Å²) in [5.41, 5.74) is 6.30. The van der Waals surface area contributed by atoms with Crippen LogP contribution in [-0.4, -0.2) is 28.0 Å². The molecule has 20 heavy (non-hydrogen) atoms. The molecule has 2 rings (SSSR count). The Bertz CT molecular complexity index is 609. The molecular weight excluding hydrogens is 266 g/mol. The van der Waals surface area contributed by atoms with Crippen LogP contribution in [0.5, 0.6) is 0 Å². The van der Waals surface area contributed by atoms with Gasteiger partial charge in [0, 0.05) is 13.0 Å². The summed E-state index contributed by atoms with van der Waals surface area (Å²) in [6, 6.07) is 6.08. The lowest BCUT2D eigenvalue weighted by Crippen LogP contribution is -2.39. The number of carbonyl (C=O) groups excluding carboxylic acids is 1. The Labute approximate surface area is 114 Å². The van der Waals surface area contributed by atoms with Crippen LogP contribution in [0.3, 0.4) is 0 Å². The fourth-order valence-corrected chi connectivity index (χ4v) is 1.95. The first-order chi connectivity index (χ1) is 9.50. The van der Waals surface area contributed by atoms with Crippen molar-refractivity contribution in [2.75, 3.05) is 6.54 Å². The summed E-state index contributed by atoms with van der Waals surface area (Å²) in [5.74, 6) is -0.0733. The van der Waals surface area contributed by atoms with Crippen molar-refractivity contribution in [2.45, 2.75) is 25.9 Å². The van der Waals surface area contributed by atoms with Crippen molar-refractivity contribution in [3.63, 3.8) is 0 Å². The zero-order valence-corrected chi connectivity index (χ0v) is 11.0. The number of nitrogens with two attached hydrogens (primary N) is 1. The summed E-state index contributed by atoms with van der Waals surface area (Å²) >= 11 is 0. The number of alkyl halides is 2. The number of carbonyl (C=O) groups is 1. The van der Waals surface area contributed by atoms with E-state index in [-0.39, 0.29) is 24.7 Å². The number of nitrogens with one attached hydrogen (secondary N) is 1. The van der Waals surface area contributed by atoms with Crippen LogP contribution in [-0.2, 0) is 11.2 Å². The van der Waals surface area contributed by atoms with Gasteiger partial charge in [-0.2, -0.15) is 8.78 Å². The van der Waals surface area contributed by atoms with Gasteiger partial charge in [-0.1, -0.05) is 12.1 Å². The van der Waals surface area contributed by atoms with Crippen molar-refractivity contribution in [3.8, 4) is 0 Å². The van der Waals surface area contributed by atoms with E-state index in [4.69, 9.17) is 5.73 Å². The fourth-order valence-electron chi connectivity index (χ4n) is 1.95. The third-order valence-corrected chi connectivity index (χ3v) is 2.93. The number of benzene rings is 1. The first kappa shape index (κ1) is 14.4. The number of aromatic nitrogens is 2. The number of rotatable bonds is 5. The second-order valence-electron chi connectivity index (χ2n) is 4.49. The molecule has 0 bridgehead atoms. The molecule has 5 nitrogen and oxygen atoms in total. The topological polar surface area (TPSA) is 72.9 Å². The zero-order valence-electron chi connectivity index (χ0n) is 11.0. The van der Waals surface area contributed by atoms with E-state index in [1.54, 1.807) is 31.2 Å². The first-order valence-electron chi connectivity index (χ1n) is 6.28. The van der Waals surface area contributed by atoms with Crippen molar-refractivity contribution in [3.05, 3.63) is 30.1 Å². The lowest BCUT2D eigenvalue weighted by molar-refractivity contribution is -0.121. The van der Waals surface area contributed by atoms with Crippen LogP contribution in [0.4, 0.5) is 8.78 Å². The maximum Gasteiger partial charge on any atom is 0.320 e. The predicted octanol–water partition coefficient (Wildman–Crippen LogP) is 1.44. The van der Waals surface area contributed by atoms with Crippen molar-refractivity contribution in [2.24, 2.45) is 5.73 Å². The second kappa shape index (κ2) is 5.96. The van der Waals surface area contributed by atoms with Crippen molar-refractivity contribution in [1.82, 2.24) is 14.9 Å². The Morgan fingerprint density at radius 3 is 2.80 bits per heavy atom. The minimum atomic E-state index is -2.67. The molecule has 108 valence electrons. The molecule has 0 saturated heterocycles. The Morgan fingerprint density at radius 2 is 2.15 bits per heavy atom. The van der Waals surface area contributed by atoms with E-state index in [0.29, 0.717) is 11.0 Å². The van der Waals surface area contributed by atoms with E-state index in [1.807, 2.05) is 0 Å². The quantitative estimate of drug-likeness (QED) is 0.871. The summed E-state index contributed by atoms with van der Waals surface area (Å²) in [6.45, 7) is -0.887. The van der Waals surface area contributed by atoms with Crippen LogP contribution in [0.25, 0.3) is 11.0 Å². The molecule has 0 saturated carbocycles. The molecule has 1 amide bonds. The van der Waals surface area contributed by atoms with E-state index in [2.05, 4.69) is 10.3 Å². The van der Waals surface area contributed by atoms with Gasteiger partial charge in [-0.3, -0.25) is 9.36 Å². The van der Waals surface area contributed by atoms with Gasteiger partial charge < -0.3 is 11.1 Å². The van der Waals surface area contributed by atoms with Crippen LogP contribution in [0.15, 0.2) is 24.3 Å². The normalized spacial score (nSPS) is 12.8. The summed E-state index contributed by atoms with van der Waals surface area (Å²) in [6.07, 6.45) is 0.220. The molecule has 1 aromatic heterocycles. The molecule has 1 heterocycles. The summed E-state index contributed by atoms with van der Waals surface area (Å²) in [4.78, 5) is 15.5. The minimum Gasteiger partial charge on any atom is -0.354 e. The number of imidazole rings is 1. The van der Waals surface area contributed by atoms with Crippen LogP contribution < -0.4 is 11.1 Å². The SMILES string of the molecule is C[C@@H](N)C(=O)NCCc1nc2ccccc2n1C(F)F. The first-order valence-corrected chi connectivity index (χ1v) is 6.28. The van der Waals surface area contributed by atoms with Crippen LogP contribution in [0, 0.1) is 0 Å². The van der Waals surface area contributed by atoms with Gasteiger partial charge in [0.25, 0.3) is 0 Å². The molecule has 0 fully saturated rings. The van der Waals surface area contributed by atoms with Gasteiger partial charge in [-0.25, -0.2) is 4.98 Å². The summed E-state index contributed by atoms with van der Waals surface area (Å²) < 4.78 is 27.1. The molecule has 0 aliphatic carbocycles. The van der Waals surface area contributed by atoms with Gasteiger partial charge >= 0.3 is 6.55 Å². The maximum absolute atomic E-state index is 13.1. The number of amides is 1. The number of para-hydroxylation sites is 2. The molecular formula is C13H16F2N4O. The molecule has 0 aliphatic rings. The smallest absolute Gasteiger partial charge is 0.320 e. The van der Waals surface area contributed by atoms with Gasteiger partial charge in [-0.05, 0) is 19.1 Å². The number of fused-ring (bicyclic) bond motifs is 1. The van der Waals surface area contributed by atoms with E-state index in [9.17, 15) is 13.6 Å². The zero-order chi connectivity index (χ0) is 14.7. The van der Waals surface area contributed by atoms with Gasteiger partial charge in [0.2, 0.25) is 5.91 Å². The molecule has 7 heteroatoms. The minimum absolute atomic E-state index is 0.219. The van der Waals surface area contributed by atoms with Gasteiger partial charge in [-0.15, -0.1) is 0 Å². The standard InChI is InChI=1S/C13H16F2N4O/c1-8(16)12(20)17-7-6-11-18-9-4-2-3-5-10(9)19(11)13(14)15/h2-5,8,13H,6-7,16H2,1H3,(H,17,20)/t8-/m1/s1. The third kappa shape index (κ3) is 2.93. The molecule has 2 aromatic rings. The van der Waals surface area contributed by atoms with E-state index in [0.717, 1.165) is 4.57 Å². The average Bonchev–Trinajstić information content (AvgIpc) is 2.76. The number of hydrogen-bond acceptors (Lipinski definition) is 3. The fraction of sp³-hybridized carbons (Fsp3) is 0.385. The molecule has 0 aliphatic heterocycles. The highest BCUT2D eigenvalue weighted by atomic mass is 19.3. The van der Waals surface area contributed by atoms with Crippen LogP contribution in [0.2, 0.25) is 0 Å². The third-order valence-electron chi connectivity index (χ3n) is 2.93. The number of nitrogens with zero attached hydrogens (tertiary/aromatic N) is 2. The molecule has 3 N–H and O–H groups in total. The highest BCUT2D eigenvalue weighted by Crippen LogP contribution is 2.23. The Balaban J connectivity index is 2.17. The van der Waals surface area contributed by atoms with E-state index >= 15 is 0 Å². The maximum atomic E-state index is 13.1. The second-order valence-corrected chi connectivity index (χ2v) is 4.49. The highest BCUT2D eigenvalue weighted by molar-refractivity contribution is 5.81. The van der Waals surface area contributed by atoms with Gasteiger partial charge in [0.15, 0.2) is 0 Å². The highest BCUT2D eigenvalue weighted by Gasteiger charge is 2.17. The van der Waals surface area contributed by atoms with Gasteiger partial charge in [0.1, 0.15) is 5.82 Å². The van der Waals surface area contributed by atoms with Crippen molar-refractivity contribution >= 4 is 16.9 Å². The van der Waals surface area contributed by atoms with Crippen molar-refractivity contribution < 1.29 is 13.6 Å². The molecule has 1 aromatic carbocycles. The molecule has 1 atom stereocenters. The predicted molar refractivity (Wildman–Crippen MR) is 71.3 cm³/mol. The number of halogens is 2.